The Labute approximate surface area is 111 Å². The molecule has 1 aromatic heterocycles. The summed E-state index contributed by atoms with van der Waals surface area (Å²) < 4.78 is 0. The summed E-state index contributed by atoms with van der Waals surface area (Å²) in [4.78, 5) is 32.0. The van der Waals surface area contributed by atoms with Crippen LogP contribution >= 0.6 is 0 Å². The predicted molar refractivity (Wildman–Crippen MR) is 68.7 cm³/mol. The van der Waals surface area contributed by atoms with Gasteiger partial charge < -0.3 is 0 Å². The van der Waals surface area contributed by atoms with Gasteiger partial charge in [0, 0.05) is 20.8 Å². The van der Waals surface area contributed by atoms with Gasteiger partial charge in [-0.1, -0.05) is 18.2 Å². The van der Waals surface area contributed by atoms with Crippen molar-refractivity contribution in [2.24, 2.45) is 10.2 Å². The second kappa shape index (κ2) is 5.49. The minimum Gasteiger partial charge on any atom is -0.287 e. The average molecular weight is 267 g/mol. The maximum atomic E-state index is 11.7. The zero-order chi connectivity index (χ0) is 14.5. The molecule has 0 aliphatic rings. The predicted octanol–water partition coefficient (Wildman–Crippen LogP) is 3.14. The summed E-state index contributed by atoms with van der Waals surface area (Å²) in [6.07, 6.45) is 0. The van der Waals surface area contributed by atoms with E-state index >= 15 is 0 Å². The van der Waals surface area contributed by atoms with Crippen LogP contribution in [0.1, 0.15) is 20.8 Å². The molecular formula is C11H5N7O2. The van der Waals surface area contributed by atoms with Crippen LogP contribution in [0, 0.1) is 0 Å². The number of pyridine rings is 1. The van der Waals surface area contributed by atoms with E-state index in [9.17, 15) is 9.59 Å². The summed E-state index contributed by atoms with van der Waals surface area (Å²) in [5.41, 5.74) is 16.7. The molecule has 2 amide bonds. The third-order valence-electron chi connectivity index (χ3n) is 2.44. The summed E-state index contributed by atoms with van der Waals surface area (Å²) in [6, 6.07) is 7.65. The molecule has 9 nitrogen and oxygen atoms in total. The standard InChI is InChI=1S/C11H5N7O2/c12-17-15-10(19)7-5-9(11(20)16-18-13)14-8-4-2-1-3-6(7)8/h1-5H. The van der Waals surface area contributed by atoms with Crippen molar-refractivity contribution in [2.75, 3.05) is 0 Å². The van der Waals surface area contributed by atoms with E-state index in [1.54, 1.807) is 24.3 Å². The highest BCUT2D eigenvalue weighted by Gasteiger charge is 2.14. The Morgan fingerprint density at radius 1 is 1.05 bits per heavy atom. The smallest absolute Gasteiger partial charge is 0.267 e. The Kier molecular flexibility index (Phi) is 3.58. The highest BCUT2D eigenvalue weighted by molar-refractivity contribution is 6.09. The van der Waals surface area contributed by atoms with Crippen LogP contribution in [0.3, 0.4) is 0 Å². The fourth-order valence-corrected chi connectivity index (χ4v) is 1.65. The summed E-state index contributed by atoms with van der Waals surface area (Å²) in [7, 11) is 0. The SMILES string of the molecule is [N-]=[N+]=NC(=O)c1cc(C(=O)N=[N+]=[N-])c2ccccc2n1. The van der Waals surface area contributed by atoms with Crippen LogP contribution < -0.4 is 0 Å². The lowest BCUT2D eigenvalue weighted by molar-refractivity contribution is 0.0996. The number of hydrogen-bond acceptors (Lipinski definition) is 3. The van der Waals surface area contributed by atoms with Gasteiger partial charge >= 0.3 is 0 Å². The van der Waals surface area contributed by atoms with E-state index in [1.165, 1.54) is 0 Å². The zero-order valence-corrected chi connectivity index (χ0v) is 9.83. The zero-order valence-electron chi connectivity index (χ0n) is 9.83. The molecule has 9 heteroatoms. The van der Waals surface area contributed by atoms with E-state index in [0.29, 0.717) is 10.9 Å². The van der Waals surface area contributed by atoms with Gasteiger partial charge in [0.1, 0.15) is 5.69 Å². The first-order valence-corrected chi connectivity index (χ1v) is 5.26. The van der Waals surface area contributed by atoms with Gasteiger partial charge in [-0.3, -0.25) is 9.59 Å². The molecule has 0 saturated carbocycles. The second-order valence-electron chi connectivity index (χ2n) is 3.56. The van der Waals surface area contributed by atoms with E-state index < -0.39 is 11.8 Å². The minimum absolute atomic E-state index is 0.0184. The molecule has 2 aromatic rings. The van der Waals surface area contributed by atoms with E-state index in [4.69, 9.17) is 11.1 Å². The number of aromatic nitrogens is 1. The maximum Gasteiger partial charge on any atom is 0.267 e. The van der Waals surface area contributed by atoms with Gasteiger partial charge in [-0.05, 0) is 33.4 Å². The number of fused-ring (bicyclic) bond motifs is 1. The van der Waals surface area contributed by atoms with Crippen molar-refractivity contribution in [3.05, 3.63) is 62.5 Å². The quantitative estimate of drug-likeness (QED) is 0.467. The van der Waals surface area contributed by atoms with Gasteiger partial charge in [0.2, 0.25) is 5.91 Å². The largest absolute Gasteiger partial charge is 0.287 e. The molecule has 0 radical (unpaired) electrons. The maximum absolute atomic E-state index is 11.7. The van der Waals surface area contributed by atoms with Gasteiger partial charge in [-0.2, -0.15) is 0 Å². The van der Waals surface area contributed by atoms with E-state index in [0.717, 1.165) is 6.07 Å². The first kappa shape index (κ1) is 13.0. The van der Waals surface area contributed by atoms with Crippen LogP contribution in [0.25, 0.3) is 31.8 Å². The summed E-state index contributed by atoms with van der Waals surface area (Å²) >= 11 is 0. The molecule has 1 heterocycles. The Morgan fingerprint density at radius 3 is 2.40 bits per heavy atom. The fraction of sp³-hybridized carbons (Fsp3) is 0. The summed E-state index contributed by atoms with van der Waals surface area (Å²) in [5, 5.41) is 6.34. The molecular weight excluding hydrogens is 262 g/mol. The Bertz CT molecular complexity index is 817. The fourth-order valence-electron chi connectivity index (χ4n) is 1.65. The van der Waals surface area contributed by atoms with Crippen molar-refractivity contribution in [3.63, 3.8) is 0 Å². The van der Waals surface area contributed by atoms with Crippen LogP contribution in [0.5, 0.6) is 0 Å². The molecule has 0 N–H and O–H groups in total. The number of hydrogen-bond donors (Lipinski definition) is 0. The number of carbonyl (C=O) groups is 2. The molecule has 0 fully saturated rings. The first-order chi connectivity index (χ1) is 9.67. The van der Waals surface area contributed by atoms with Crippen LogP contribution in [0.4, 0.5) is 0 Å². The molecule has 0 aliphatic carbocycles. The summed E-state index contributed by atoms with van der Waals surface area (Å²) in [6.45, 7) is 0. The molecule has 20 heavy (non-hydrogen) atoms. The molecule has 0 unspecified atom stereocenters. The van der Waals surface area contributed by atoms with Crippen LogP contribution in [-0.4, -0.2) is 16.8 Å². The third kappa shape index (κ3) is 2.39. The minimum atomic E-state index is -0.923. The van der Waals surface area contributed by atoms with E-state index in [-0.39, 0.29) is 11.3 Å². The van der Waals surface area contributed by atoms with Crippen molar-refractivity contribution in [1.29, 1.82) is 0 Å². The number of rotatable bonds is 2. The molecule has 0 spiro atoms. The Morgan fingerprint density at radius 2 is 1.70 bits per heavy atom. The van der Waals surface area contributed by atoms with Crippen molar-refractivity contribution in [1.82, 2.24) is 4.98 Å². The summed E-state index contributed by atoms with van der Waals surface area (Å²) in [5.74, 6) is -1.77. The molecule has 0 atom stereocenters. The number of azide groups is 2. The lowest BCUT2D eigenvalue weighted by atomic mass is 10.1. The molecule has 2 rings (SSSR count). The topological polar surface area (TPSA) is 145 Å². The average Bonchev–Trinajstić information content (AvgIpc) is 2.46. The number of nitrogens with zero attached hydrogens (tertiary/aromatic N) is 7. The van der Waals surface area contributed by atoms with Crippen molar-refractivity contribution in [2.45, 2.75) is 0 Å². The lowest BCUT2D eigenvalue weighted by Crippen LogP contribution is -2.04. The molecule has 96 valence electrons. The Balaban J connectivity index is 2.76. The van der Waals surface area contributed by atoms with Crippen LogP contribution in [0.2, 0.25) is 0 Å². The molecule has 0 bridgehead atoms. The molecule has 1 aromatic carbocycles. The van der Waals surface area contributed by atoms with E-state index in [2.05, 4.69) is 25.0 Å². The van der Waals surface area contributed by atoms with Crippen molar-refractivity contribution >= 4 is 22.7 Å². The van der Waals surface area contributed by atoms with Crippen molar-refractivity contribution < 1.29 is 9.59 Å². The van der Waals surface area contributed by atoms with Gasteiger partial charge in [0.25, 0.3) is 5.91 Å². The van der Waals surface area contributed by atoms with Gasteiger partial charge in [0.15, 0.2) is 0 Å². The van der Waals surface area contributed by atoms with Crippen molar-refractivity contribution in [3.8, 4) is 0 Å². The normalized spacial score (nSPS) is 9.40. The van der Waals surface area contributed by atoms with Gasteiger partial charge in [-0.25, -0.2) is 4.98 Å². The Hall–Kier alpha value is -3.41. The monoisotopic (exact) mass is 267 g/mol. The third-order valence-corrected chi connectivity index (χ3v) is 2.44. The lowest BCUT2D eigenvalue weighted by Gasteiger charge is -2.04. The first-order valence-electron chi connectivity index (χ1n) is 5.26. The van der Waals surface area contributed by atoms with Crippen LogP contribution in [-0.2, 0) is 0 Å². The molecule has 0 aliphatic heterocycles. The second-order valence-corrected chi connectivity index (χ2v) is 3.56. The van der Waals surface area contributed by atoms with Gasteiger partial charge in [0.05, 0.1) is 5.52 Å². The number of para-hydroxylation sites is 1. The van der Waals surface area contributed by atoms with Gasteiger partial charge in [-0.15, -0.1) is 0 Å². The number of carbonyl (C=O) groups excluding carboxylic acids is 2. The number of amides is 2. The number of benzene rings is 1. The highest BCUT2D eigenvalue weighted by Crippen LogP contribution is 2.20. The highest BCUT2D eigenvalue weighted by atomic mass is 16.2. The molecule has 0 saturated heterocycles. The van der Waals surface area contributed by atoms with E-state index in [1.807, 2.05) is 0 Å². The van der Waals surface area contributed by atoms with Crippen LogP contribution in [0.15, 0.2) is 40.6 Å².